The third kappa shape index (κ3) is 5.58. The Kier molecular flexibility index (Phi) is 7.02. The molecule has 0 aliphatic carbocycles. The maximum atomic E-state index is 12.8. The van der Waals surface area contributed by atoms with Gasteiger partial charge in [0, 0.05) is 0 Å². The van der Waals surface area contributed by atoms with Crippen molar-refractivity contribution in [1.29, 1.82) is 0 Å². The van der Waals surface area contributed by atoms with Gasteiger partial charge in [-0.05, 0) is 62.0 Å². The molecule has 0 unspecified atom stereocenters. The molecule has 2 rings (SSSR count). The highest BCUT2D eigenvalue weighted by Crippen LogP contribution is 2.33. The zero-order valence-corrected chi connectivity index (χ0v) is 12.9. The molecule has 0 saturated carbocycles. The van der Waals surface area contributed by atoms with E-state index < -0.39 is 11.7 Å². The Morgan fingerprint density at radius 2 is 1.76 bits per heavy atom. The largest absolute Gasteiger partial charge is 0.497 e. The molecule has 1 N–H and O–H groups in total. The molecule has 21 heavy (non-hydrogen) atoms. The third-order valence-corrected chi connectivity index (χ3v) is 3.51. The first-order valence-corrected chi connectivity index (χ1v) is 7.45. The number of halogens is 3. The van der Waals surface area contributed by atoms with E-state index >= 15 is 0 Å². The van der Waals surface area contributed by atoms with Crippen molar-refractivity contribution in [2.45, 2.75) is 39.3 Å². The van der Waals surface area contributed by atoms with E-state index in [0.717, 1.165) is 32.0 Å². The highest BCUT2D eigenvalue weighted by atomic mass is 19.4. The molecule has 1 aromatic rings. The fourth-order valence-corrected chi connectivity index (χ4v) is 2.48. The fourth-order valence-electron chi connectivity index (χ4n) is 2.48. The van der Waals surface area contributed by atoms with E-state index in [0.29, 0.717) is 17.9 Å². The van der Waals surface area contributed by atoms with Crippen molar-refractivity contribution >= 4 is 0 Å². The molecule has 1 fully saturated rings. The molecule has 0 aromatic heterocycles. The van der Waals surface area contributed by atoms with Crippen LogP contribution >= 0.6 is 0 Å². The monoisotopic (exact) mass is 303 g/mol. The van der Waals surface area contributed by atoms with Crippen LogP contribution in [-0.4, -0.2) is 20.2 Å². The molecule has 1 heterocycles. The van der Waals surface area contributed by atoms with Crippen molar-refractivity contribution in [3.63, 3.8) is 0 Å². The van der Waals surface area contributed by atoms with Crippen molar-refractivity contribution < 1.29 is 17.9 Å². The topological polar surface area (TPSA) is 21.3 Å². The van der Waals surface area contributed by atoms with Gasteiger partial charge in [-0.15, -0.1) is 0 Å². The quantitative estimate of drug-likeness (QED) is 0.900. The van der Waals surface area contributed by atoms with E-state index in [9.17, 15) is 13.2 Å². The van der Waals surface area contributed by atoms with Crippen molar-refractivity contribution in [3.05, 3.63) is 29.3 Å². The van der Waals surface area contributed by atoms with Gasteiger partial charge in [0.05, 0.1) is 12.7 Å². The lowest BCUT2D eigenvalue weighted by molar-refractivity contribution is -0.137. The van der Waals surface area contributed by atoms with Crippen molar-refractivity contribution in [3.8, 4) is 5.75 Å². The number of hydrogen-bond donors (Lipinski definition) is 1. The lowest BCUT2D eigenvalue weighted by atomic mass is 9.90. The summed E-state index contributed by atoms with van der Waals surface area (Å²) in [6.45, 7) is 5.89. The van der Waals surface area contributed by atoms with E-state index in [1.165, 1.54) is 13.2 Å². The van der Waals surface area contributed by atoms with Crippen LogP contribution in [-0.2, 0) is 12.6 Å². The zero-order chi connectivity index (χ0) is 15.9. The molecule has 0 atom stereocenters. The predicted molar refractivity (Wildman–Crippen MR) is 78.6 cm³/mol. The lowest BCUT2D eigenvalue weighted by Crippen LogP contribution is -2.28. The number of alkyl halides is 3. The fraction of sp³-hybridized carbons (Fsp3) is 0.625. The predicted octanol–water partition coefficient (Wildman–Crippen LogP) is 4.28. The number of nitrogens with one attached hydrogen (secondary N) is 1. The first-order valence-electron chi connectivity index (χ1n) is 7.45. The maximum Gasteiger partial charge on any atom is 0.416 e. The van der Waals surface area contributed by atoms with Crippen LogP contribution in [0.2, 0.25) is 0 Å². The van der Waals surface area contributed by atoms with Crippen molar-refractivity contribution in [1.82, 2.24) is 5.32 Å². The highest BCUT2D eigenvalue weighted by Gasteiger charge is 2.31. The van der Waals surface area contributed by atoms with Crippen molar-refractivity contribution in [2.24, 2.45) is 5.92 Å². The minimum absolute atomic E-state index is 0.277. The van der Waals surface area contributed by atoms with Crippen LogP contribution in [0.4, 0.5) is 13.2 Å². The summed E-state index contributed by atoms with van der Waals surface area (Å²) in [5.41, 5.74) is 0.0781. The molecule has 1 aliphatic rings. The number of rotatable bonds is 3. The molecule has 0 amide bonds. The second kappa shape index (κ2) is 8.27. The minimum Gasteiger partial charge on any atom is -0.497 e. The first kappa shape index (κ1) is 17.8. The lowest BCUT2D eigenvalue weighted by Gasteiger charge is -2.23. The molecule has 0 radical (unpaired) electrons. The summed E-state index contributed by atoms with van der Waals surface area (Å²) < 4.78 is 43.4. The molecule has 0 spiro atoms. The van der Waals surface area contributed by atoms with Crippen LogP contribution in [0.5, 0.6) is 5.75 Å². The van der Waals surface area contributed by atoms with Crippen LogP contribution in [0.3, 0.4) is 0 Å². The smallest absolute Gasteiger partial charge is 0.416 e. The number of ether oxygens (including phenoxy) is 1. The highest BCUT2D eigenvalue weighted by molar-refractivity contribution is 5.36. The van der Waals surface area contributed by atoms with Gasteiger partial charge in [0.2, 0.25) is 0 Å². The molecule has 2 nitrogen and oxygen atoms in total. The van der Waals surface area contributed by atoms with Gasteiger partial charge in [-0.25, -0.2) is 0 Å². The summed E-state index contributed by atoms with van der Waals surface area (Å²) in [4.78, 5) is 0. The van der Waals surface area contributed by atoms with Crippen LogP contribution in [0.1, 0.15) is 37.8 Å². The molecule has 120 valence electrons. The van der Waals surface area contributed by atoms with Crippen molar-refractivity contribution in [2.75, 3.05) is 20.2 Å². The standard InChI is InChI=1S/C14H18F3NO.C2H6/c1-19-13-8-11(6-10-2-4-18-5-3-10)7-12(9-13)14(15,16)17;1-2/h7-10,18H,2-6H2,1H3;1-2H3. The summed E-state index contributed by atoms with van der Waals surface area (Å²) in [7, 11) is 1.39. The Balaban J connectivity index is 0.00000106. The van der Waals surface area contributed by atoms with Crippen LogP contribution in [0.15, 0.2) is 18.2 Å². The Morgan fingerprint density at radius 3 is 2.29 bits per heavy atom. The van der Waals surface area contributed by atoms with E-state index in [1.807, 2.05) is 13.8 Å². The maximum absolute atomic E-state index is 12.8. The molecular formula is C16H24F3NO. The Labute approximate surface area is 124 Å². The van der Waals surface area contributed by atoms with Crippen LogP contribution in [0.25, 0.3) is 0 Å². The molecule has 0 bridgehead atoms. The average Bonchev–Trinajstić information content (AvgIpc) is 2.49. The van der Waals surface area contributed by atoms with E-state index in [4.69, 9.17) is 4.74 Å². The van der Waals surface area contributed by atoms with Gasteiger partial charge >= 0.3 is 6.18 Å². The summed E-state index contributed by atoms with van der Waals surface area (Å²) in [5, 5.41) is 3.25. The molecule has 1 saturated heterocycles. The zero-order valence-electron chi connectivity index (χ0n) is 12.9. The second-order valence-electron chi connectivity index (χ2n) is 4.97. The van der Waals surface area contributed by atoms with Crippen LogP contribution in [0, 0.1) is 5.92 Å². The number of hydrogen-bond acceptors (Lipinski definition) is 2. The molecule has 1 aliphatic heterocycles. The van der Waals surface area contributed by atoms with Crippen LogP contribution < -0.4 is 10.1 Å². The summed E-state index contributed by atoms with van der Waals surface area (Å²) in [5.74, 6) is 0.730. The average molecular weight is 303 g/mol. The van der Waals surface area contributed by atoms with Gasteiger partial charge in [0.1, 0.15) is 5.75 Å². The third-order valence-electron chi connectivity index (χ3n) is 3.51. The Morgan fingerprint density at radius 1 is 1.14 bits per heavy atom. The Bertz CT molecular complexity index is 426. The normalized spacial score (nSPS) is 16.1. The minimum atomic E-state index is -4.32. The summed E-state index contributed by atoms with van der Waals surface area (Å²) in [6, 6.07) is 3.99. The van der Waals surface area contributed by atoms with Gasteiger partial charge in [-0.1, -0.05) is 13.8 Å². The summed E-state index contributed by atoms with van der Waals surface area (Å²) >= 11 is 0. The summed E-state index contributed by atoms with van der Waals surface area (Å²) in [6.07, 6.45) is -1.61. The molecular weight excluding hydrogens is 279 g/mol. The van der Waals surface area contributed by atoms with Gasteiger partial charge in [0.15, 0.2) is 0 Å². The van der Waals surface area contributed by atoms with Gasteiger partial charge in [-0.3, -0.25) is 0 Å². The number of piperidine rings is 1. The van der Waals surface area contributed by atoms with E-state index in [2.05, 4.69) is 5.32 Å². The number of methoxy groups -OCH3 is 1. The molecule has 5 heteroatoms. The van der Waals surface area contributed by atoms with E-state index in [1.54, 1.807) is 6.07 Å². The van der Waals surface area contributed by atoms with Gasteiger partial charge in [0.25, 0.3) is 0 Å². The van der Waals surface area contributed by atoms with E-state index in [-0.39, 0.29) is 5.75 Å². The number of benzene rings is 1. The SMILES string of the molecule is CC.COc1cc(CC2CCNCC2)cc(C(F)(F)F)c1. The molecule has 1 aromatic carbocycles. The second-order valence-corrected chi connectivity index (χ2v) is 4.97. The first-order chi connectivity index (χ1) is 9.99. The Hall–Kier alpha value is -1.23. The van der Waals surface area contributed by atoms with Gasteiger partial charge in [-0.2, -0.15) is 13.2 Å². The van der Waals surface area contributed by atoms with Gasteiger partial charge < -0.3 is 10.1 Å².